The summed E-state index contributed by atoms with van der Waals surface area (Å²) in [6.07, 6.45) is 0.704. The normalized spacial score (nSPS) is 10.3. The molecule has 0 radical (unpaired) electrons. The van der Waals surface area contributed by atoms with Crippen LogP contribution in [0, 0.1) is 0 Å². The molecule has 0 aliphatic heterocycles. The number of carbonyl (C=O) groups is 3. The lowest BCUT2D eigenvalue weighted by Crippen LogP contribution is -2.42. The number of esters is 1. The average Bonchev–Trinajstić information content (AvgIpc) is 2.62. The van der Waals surface area contributed by atoms with Crippen LogP contribution in [0.15, 0.2) is 33.9 Å². The van der Waals surface area contributed by atoms with E-state index < -0.39 is 42.2 Å². The third-order valence-corrected chi connectivity index (χ3v) is 3.32. The molecule has 138 valence electrons. The molecule has 0 spiro atoms. The molecule has 2 rings (SSSR count). The summed E-state index contributed by atoms with van der Waals surface area (Å²) in [7, 11) is 0. The lowest BCUT2D eigenvalue weighted by atomic mass is 10.2. The van der Waals surface area contributed by atoms with E-state index in [4.69, 9.17) is 4.74 Å². The number of imide groups is 1. The maximum atomic E-state index is 12.3. The number of hydrogen-bond acceptors (Lipinski definition) is 6. The first kappa shape index (κ1) is 18.9. The van der Waals surface area contributed by atoms with Crippen LogP contribution in [0.3, 0.4) is 0 Å². The van der Waals surface area contributed by atoms with Crippen molar-refractivity contribution in [2.24, 2.45) is 0 Å². The fraction of sp³-hybridized carbons (Fsp3) is 0.312. The summed E-state index contributed by atoms with van der Waals surface area (Å²) >= 11 is 0. The zero-order chi connectivity index (χ0) is 19.1. The SMILES string of the molecule is CCCNC(=O)NC(=O)COC(=O)Cn1[nH]c(=O)c2ccccc2c1=O. The number of amides is 3. The van der Waals surface area contributed by atoms with Gasteiger partial charge in [-0.05, 0) is 18.6 Å². The van der Waals surface area contributed by atoms with E-state index in [1.165, 1.54) is 12.1 Å². The van der Waals surface area contributed by atoms with Crippen molar-refractivity contribution < 1.29 is 19.1 Å². The van der Waals surface area contributed by atoms with Crippen molar-refractivity contribution in [1.82, 2.24) is 20.4 Å². The van der Waals surface area contributed by atoms with Crippen LogP contribution in [0.5, 0.6) is 0 Å². The van der Waals surface area contributed by atoms with Gasteiger partial charge in [0.2, 0.25) is 0 Å². The molecule has 10 nitrogen and oxygen atoms in total. The van der Waals surface area contributed by atoms with E-state index >= 15 is 0 Å². The molecule has 0 saturated carbocycles. The minimum Gasteiger partial charge on any atom is -0.454 e. The molecule has 0 atom stereocenters. The number of carbonyl (C=O) groups excluding carboxylic acids is 3. The summed E-state index contributed by atoms with van der Waals surface area (Å²) in [5.74, 6) is -1.73. The smallest absolute Gasteiger partial charge is 0.328 e. The lowest BCUT2D eigenvalue weighted by molar-refractivity contribution is -0.149. The van der Waals surface area contributed by atoms with Gasteiger partial charge in [0.1, 0.15) is 6.54 Å². The minimum absolute atomic E-state index is 0.161. The topological polar surface area (TPSA) is 139 Å². The van der Waals surface area contributed by atoms with E-state index in [1.54, 1.807) is 12.1 Å². The van der Waals surface area contributed by atoms with Gasteiger partial charge in [-0.15, -0.1) is 0 Å². The fourth-order valence-electron chi connectivity index (χ4n) is 2.12. The van der Waals surface area contributed by atoms with E-state index in [-0.39, 0.29) is 10.8 Å². The van der Waals surface area contributed by atoms with E-state index in [0.717, 1.165) is 4.68 Å². The quantitative estimate of drug-likeness (QED) is 0.590. The molecule has 0 aliphatic rings. The fourth-order valence-corrected chi connectivity index (χ4v) is 2.12. The number of ether oxygens (including phenoxy) is 1. The minimum atomic E-state index is -0.915. The summed E-state index contributed by atoms with van der Waals surface area (Å²) in [5, 5.41) is 7.06. The lowest BCUT2D eigenvalue weighted by Gasteiger charge is -2.08. The van der Waals surface area contributed by atoms with Crippen molar-refractivity contribution in [2.75, 3.05) is 13.2 Å². The number of fused-ring (bicyclic) bond motifs is 1. The molecule has 0 unspecified atom stereocenters. The third-order valence-electron chi connectivity index (χ3n) is 3.32. The van der Waals surface area contributed by atoms with Gasteiger partial charge < -0.3 is 10.1 Å². The van der Waals surface area contributed by atoms with Crippen LogP contribution >= 0.6 is 0 Å². The van der Waals surface area contributed by atoms with Crippen molar-refractivity contribution in [3.63, 3.8) is 0 Å². The van der Waals surface area contributed by atoms with Crippen molar-refractivity contribution in [2.45, 2.75) is 19.9 Å². The monoisotopic (exact) mass is 362 g/mol. The Labute approximate surface area is 147 Å². The van der Waals surface area contributed by atoms with Gasteiger partial charge in [-0.3, -0.25) is 29.6 Å². The van der Waals surface area contributed by atoms with Crippen molar-refractivity contribution in [1.29, 1.82) is 0 Å². The summed E-state index contributed by atoms with van der Waals surface area (Å²) in [6.45, 7) is 0.985. The Morgan fingerprint density at radius 3 is 2.54 bits per heavy atom. The van der Waals surface area contributed by atoms with Crippen LogP contribution < -0.4 is 21.8 Å². The maximum absolute atomic E-state index is 12.3. The molecular weight excluding hydrogens is 344 g/mol. The number of urea groups is 1. The summed E-state index contributed by atoms with van der Waals surface area (Å²) in [4.78, 5) is 58.8. The molecule has 2 aromatic rings. The Balaban J connectivity index is 1.96. The second-order valence-corrected chi connectivity index (χ2v) is 5.34. The van der Waals surface area contributed by atoms with Crippen LogP contribution in [0.25, 0.3) is 10.8 Å². The molecule has 3 amide bonds. The van der Waals surface area contributed by atoms with Crippen LogP contribution in [0.4, 0.5) is 4.79 Å². The van der Waals surface area contributed by atoms with Crippen molar-refractivity contribution in [3.8, 4) is 0 Å². The van der Waals surface area contributed by atoms with Gasteiger partial charge in [0.05, 0.1) is 10.8 Å². The van der Waals surface area contributed by atoms with Crippen LogP contribution in [0.1, 0.15) is 13.3 Å². The highest BCUT2D eigenvalue weighted by Gasteiger charge is 2.13. The molecule has 0 saturated heterocycles. The predicted octanol–water partition coefficient (Wildman–Crippen LogP) is -0.531. The summed E-state index contributed by atoms with van der Waals surface area (Å²) in [6, 6.07) is 5.48. The molecule has 26 heavy (non-hydrogen) atoms. The third kappa shape index (κ3) is 4.79. The molecule has 3 N–H and O–H groups in total. The van der Waals surface area contributed by atoms with Gasteiger partial charge in [0.25, 0.3) is 17.0 Å². The molecule has 10 heteroatoms. The van der Waals surface area contributed by atoms with Gasteiger partial charge in [0, 0.05) is 6.54 Å². The standard InChI is InChI=1S/C16H18N4O6/c1-2-7-17-16(25)18-12(21)9-26-13(22)8-20-15(24)11-6-4-3-5-10(11)14(23)19-20/h3-6H,2,7-9H2,1H3,(H,19,23)(H2,17,18,21,25). The Kier molecular flexibility index (Phi) is 6.25. The molecule has 1 aromatic heterocycles. The van der Waals surface area contributed by atoms with Gasteiger partial charge in [-0.2, -0.15) is 0 Å². The van der Waals surface area contributed by atoms with Gasteiger partial charge in [-0.25, -0.2) is 9.48 Å². The van der Waals surface area contributed by atoms with Crippen LogP contribution in [-0.4, -0.2) is 40.8 Å². The molecule has 1 aromatic carbocycles. The first-order valence-corrected chi connectivity index (χ1v) is 7.87. The zero-order valence-electron chi connectivity index (χ0n) is 14.0. The number of nitrogens with one attached hydrogen (secondary N) is 3. The second kappa shape index (κ2) is 8.60. The van der Waals surface area contributed by atoms with E-state index in [9.17, 15) is 24.0 Å². The largest absolute Gasteiger partial charge is 0.454 e. The number of rotatable bonds is 6. The van der Waals surface area contributed by atoms with Crippen LogP contribution in [-0.2, 0) is 20.9 Å². The molecule has 0 aliphatic carbocycles. The maximum Gasteiger partial charge on any atom is 0.328 e. The van der Waals surface area contributed by atoms with E-state index in [1.807, 2.05) is 12.2 Å². The number of hydrogen-bond donors (Lipinski definition) is 3. The van der Waals surface area contributed by atoms with E-state index in [2.05, 4.69) is 10.4 Å². The van der Waals surface area contributed by atoms with Crippen LogP contribution in [0.2, 0.25) is 0 Å². The second-order valence-electron chi connectivity index (χ2n) is 5.34. The highest BCUT2D eigenvalue weighted by atomic mass is 16.5. The first-order valence-electron chi connectivity index (χ1n) is 7.87. The van der Waals surface area contributed by atoms with Gasteiger partial charge in [0.15, 0.2) is 6.61 Å². The Morgan fingerprint density at radius 2 is 1.85 bits per heavy atom. The first-order chi connectivity index (χ1) is 12.4. The Morgan fingerprint density at radius 1 is 1.15 bits per heavy atom. The highest BCUT2D eigenvalue weighted by Crippen LogP contribution is 2.02. The number of nitrogens with zero attached hydrogens (tertiary/aromatic N) is 1. The number of aromatic nitrogens is 2. The van der Waals surface area contributed by atoms with E-state index in [0.29, 0.717) is 13.0 Å². The molecule has 0 fully saturated rings. The van der Waals surface area contributed by atoms with Crippen molar-refractivity contribution >= 4 is 28.7 Å². The molecular formula is C16H18N4O6. The zero-order valence-corrected chi connectivity index (χ0v) is 14.0. The van der Waals surface area contributed by atoms with Crippen molar-refractivity contribution in [3.05, 3.63) is 45.0 Å². The summed E-state index contributed by atoms with van der Waals surface area (Å²) in [5.41, 5.74) is -1.10. The van der Waals surface area contributed by atoms with Gasteiger partial charge in [-0.1, -0.05) is 19.1 Å². The Hall–Kier alpha value is -3.43. The number of aromatic amines is 1. The molecule has 1 heterocycles. The van der Waals surface area contributed by atoms with Gasteiger partial charge >= 0.3 is 12.0 Å². The highest BCUT2D eigenvalue weighted by molar-refractivity contribution is 5.95. The number of benzene rings is 1. The summed E-state index contributed by atoms with van der Waals surface area (Å²) < 4.78 is 5.51. The number of H-pyrrole nitrogens is 1. The Bertz CT molecular complexity index is 946. The predicted molar refractivity (Wildman–Crippen MR) is 91.6 cm³/mol. The average molecular weight is 362 g/mol. The molecule has 0 bridgehead atoms.